The second kappa shape index (κ2) is 6.55. The molecule has 0 aliphatic carbocycles. The van der Waals surface area contributed by atoms with Crippen LogP contribution in [-0.2, 0) is 4.79 Å². The van der Waals surface area contributed by atoms with Gasteiger partial charge in [-0.3, -0.25) is 4.79 Å². The SMILES string of the molecule is CC(CC(=O)NC1CCCNC1)c1ccccc1. The molecule has 2 atom stereocenters. The van der Waals surface area contributed by atoms with Crippen LogP contribution in [-0.4, -0.2) is 25.0 Å². The molecule has 0 aromatic heterocycles. The maximum Gasteiger partial charge on any atom is 0.220 e. The lowest BCUT2D eigenvalue weighted by Gasteiger charge is -2.24. The number of piperidine rings is 1. The number of hydrogen-bond acceptors (Lipinski definition) is 2. The Labute approximate surface area is 109 Å². The van der Waals surface area contributed by atoms with Gasteiger partial charge in [-0.1, -0.05) is 37.3 Å². The molecule has 3 nitrogen and oxygen atoms in total. The summed E-state index contributed by atoms with van der Waals surface area (Å²) < 4.78 is 0. The Morgan fingerprint density at radius 2 is 2.22 bits per heavy atom. The van der Waals surface area contributed by atoms with E-state index in [-0.39, 0.29) is 11.8 Å². The molecule has 1 aromatic carbocycles. The number of rotatable bonds is 4. The quantitative estimate of drug-likeness (QED) is 0.853. The Hall–Kier alpha value is -1.35. The normalized spacial score (nSPS) is 21.3. The first-order chi connectivity index (χ1) is 8.75. The Morgan fingerprint density at radius 1 is 1.44 bits per heavy atom. The second-order valence-electron chi connectivity index (χ2n) is 5.13. The standard InChI is InChI=1S/C15H22N2O/c1-12(13-6-3-2-4-7-13)10-15(18)17-14-8-5-9-16-11-14/h2-4,6-7,12,14,16H,5,8-11H2,1H3,(H,17,18). The van der Waals surface area contributed by atoms with E-state index >= 15 is 0 Å². The number of carbonyl (C=O) groups excluding carboxylic acids is 1. The van der Waals surface area contributed by atoms with E-state index < -0.39 is 0 Å². The van der Waals surface area contributed by atoms with Crippen LogP contribution in [0.1, 0.15) is 37.7 Å². The van der Waals surface area contributed by atoms with Crippen molar-refractivity contribution in [1.82, 2.24) is 10.6 Å². The van der Waals surface area contributed by atoms with Gasteiger partial charge < -0.3 is 10.6 Å². The van der Waals surface area contributed by atoms with E-state index in [9.17, 15) is 4.79 Å². The topological polar surface area (TPSA) is 41.1 Å². The predicted molar refractivity (Wildman–Crippen MR) is 73.5 cm³/mol. The first-order valence-corrected chi connectivity index (χ1v) is 6.80. The van der Waals surface area contributed by atoms with Gasteiger partial charge in [0.05, 0.1) is 0 Å². The van der Waals surface area contributed by atoms with E-state index in [1.807, 2.05) is 18.2 Å². The number of hydrogen-bond donors (Lipinski definition) is 2. The molecule has 0 radical (unpaired) electrons. The average molecular weight is 246 g/mol. The highest BCUT2D eigenvalue weighted by atomic mass is 16.1. The molecule has 1 amide bonds. The maximum absolute atomic E-state index is 12.0. The van der Waals surface area contributed by atoms with Crippen LogP contribution in [0.15, 0.2) is 30.3 Å². The lowest BCUT2D eigenvalue weighted by molar-refractivity contribution is -0.122. The van der Waals surface area contributed by atoms with Gasteiger partial charge in [0.2, 0.25) is 5.91 Å². The molecular formula is C15H22N2O. The molecule has 2 rings (SSSR count). The molecule has 1 heterocycles. The Morgan fingerprint density at radius 3 is 2.89 bits per heavy atom. The Balaban J connectivity index is 1.80. The van der Waals surface area contributed by atoms with Crippen LogP contribution in [0.5, 0.6) is 0 Å². The fourth-order valence-corrected chi connectivity index (χ4v) is 2.44. The van der Waals surface area contributed by atoms with Crippen molar-refractivity contribution in [2.75, 3.05) is 13.1 Å². The highest BCUT2D eigenvalue weighted by Gasteiger charge is 2.17. The number of benzene rings is 1. The molecule has 0 saturated carbocycles. The minimum atomic E-state index is 0.167. The third kappa shape index (κ3) is 3.84. The summed E-state index contributed by atoms with van der Waals surface area (Å²) in [5, 5.41) is 6.43. The van der Waals surface area contributed by atoms with Gasteiger partial charge in [-0.15, -0.1) is 0 Å². The van der Waals surface area contributed by atoms with Gasteiger partial charge in [0.15, 0.2) is 0 Å². The second-order valence-corrected chi connectivity index (χ2v) is 5.13. The van der Waals surface area contributed by atoms with E-state index in [1.54, 1.807) is 0 Å². The molecule has 18 heavy (non-hydrogen) atoms. The van der Waals surface area contributed by atoms with Gasteiger partial charge in [-0.25, -0.2) is 0 Å². The molecule has 0 spiro atoms. The van der Waals surface area contributed by atoms with Crippen molar-refractivity contribution in [2.45, 2.75) is 38.1 Å². The van der Waals surface area contributed by atoms with E-state index in [2.05, 4.69) is 29.7 Å². The van der Waals surface area contributed by atoms with Gasteiger partial charge in [0, 0.05) is 19.0 Å². The van der Waals surface area contributed by atoms with Gasteiger partial charge in [-0.2, -0.15) is 0 Å². The zero-order valence-electron chi connectivity index (χ0n) is 11.0. The molecule has 0 bridgehead atoms. The molecule has 1 aromatic rings. The number of nitrogens with one attached hydrogen (secondary N) is 2. The zero-order chi connectivity index (χ0) is 12.8. The molecule has 1 aliphatic rings. The Bertz CT molecular complexity index is 371. The van der Waals surface area contributed by atoms with E-state index in [1.165, 1.54) is 5.56 Å². The molecule has 1 aliphatic heterocycles. The van der Waals surface area contributed by atoms with Crippen molar-refractivity contribution < 1.29 is 4.79 Å². The lowest BCUT2D eigenvalue weighted by atomic mass is 9.97. The van der Waals surface area contributed by atoms with Crippen molar-refractivity contribution in [3.05, 3.63) is 35.9 Å². The molecule has 2 N–H and O–H groups in total. The summed E-state index contributed by atoms with van der Waals surface area (Å²) in [5.41, 5.74) is 1.23. The molecule has 3 heteroatoms. The summed E-state index contributed by atoms with van der Waals surface area (Å²) >= 11 is 0. The van der Waals surface area contributed by atoms with Crippen molar-refractivity contribution in [3.8, 4) is 0 Å². The molecule has 1 fully saturated rings. The van der Waals surface area contributed by atoms with Gasteiger partial charge in [-0.05, 0) is 30.9 Å². The molecule has 1 saturated heterocycles. The van der Waals surface area contributed by atoms with Crippen molar-refractivity contribution >= 4 is 5.91 Å². The summed E-state index contributed by atoms with van der Waals surface area (Å²) in [6.07, 6.45) is 2.82. The van der Waals surface area contributed by atoms with Gasteiger partial charge in [0.25, 0.3) is 0 Å². The third-order valence-electron chi connectivity index (χ3n) is 3.52. The van der Waals surface area contributed by atoms with E-state index in [0.29, 0.717) is 12.5 Å². The van der Waals surface area contributed by atoms with Crippen molar-refractivity contribution in [2.24, 2.45) is 0 Å². The van der Waals surface area contributed by atoms with E-state index in [0.717, 1.165) is 25.9 Å². The van der Waals surface area contributed by atoms with Crippen LogP contribution in [0.25, 0.3) is 0 Å². The smallest absolute Gasteiger partial charge is 0.220 e. The fourth-order valence-electron chi connectivity index (χ4n) is 2.44. The van der Waals surface area contributed by atoms with Gasteiger partial charge in [0.1, 0.15) is 0 Å². The summed E-state index contributed by atoms with van der Waals surface area (Å²) in [7, 11) is 0. The number of carbonyl (C=O) groups is 1. The predicted octanol–water partition coefficient (Wildman–Crippen LogP) is 2.05. The first kappa shape index (κ1) is 13.1. The van der Waals surface area contributed by atoms with Crippen LogP contribution < -0.4 is 10.6 Å². The summed E-state index contributed by atoms with van der Waals surface area (Å²) in [6, 6.07) is 10.5. The van der Waals surface area contributed by atoms with Crippen LogP contribution in [0.4, 0.5) is 0 Å². The average Bonchev–Trinajstić information content (AvgIpc) is 2.40. The van der Waals surface area contributed by atoms with Crippen LogP contribution in [0, 0.1) is 0 Å². The molecule has 98 valence electrons. The minimum Gasteiger partial charge on any atom is -0.352 e. The third-order valence-corrected chi connectivity index (χ3v) is 3.52. The summed E-state index contributed by atoms with van der Waals surface area (Å²) in [6.45, 7) is 4.09. The van der Waals surface area contributed by atoms with Crippen LogP contribution >= 0.6 is 0 Å². The van der Waals surface area contributed by atoms with E-state index in [4.69, 9.17) is 0 Å². The molecular weight excluding hydrogens is 224 g/mol. The van der Waals surface area contributed by atoms with Crippen LogP contribution in [0.3, 0.4) is 0 Å². The monoisotopic (exact) mass is 246 g/mol. The Kier molecular flexibility index (Phi) is 4.76. The first-order valence-electron chi connectivity index (χ1n) is 6.80. The number of amides is 1. The van der Waals surface area contributed by atoms with Gasteiger partial charge >= 0.3 is 0 Å². The largest absolute Gasteiger partial charge is 0.352 e. The summed E-state index contributed by atoms with van der Waals surface area (Å²) in [5.74, 6) is 0.447. The maximum atomic E-state index is 12.0. The summed E-state index contributed by atoms with van der Waals surface area (Å²) in [4.78, 5) is 12.0. The zero-order valence-corrected chi connectivity index (χ0v) is 11.0. The fraction of sp³-hybridized carbons (Fsp3) is 0.533. The minimum absolute atomic E-state index is 0.167. The van der Waals surface area contributed by atoms with Crippen molar-refractivity contribution in [1.29, 1.82) is 0 Å². The lowest BCUT2D eigenvalue weighted by Crippen LogP contribution is -2.45. The molecule has 2 unspecified atom stereocenters. The highest BCUT2D eigenvalue weighted by Crippen LogP contribution is 2.18. The highest BCUT2D eigenvalue weighted by molar-refractivity contribution is 5.77. The van der Waals surface area contributed by atoms with Crippen molar-refractivity contribution in [3.63, 3.8) is 0 Å². The van der Waals surface area contributed by atoms with Crippen LogP contribution in [0.2, 0.25) is 0 Å².